The van der Waals surface area contributed by atoms with Crippen LogP contribution in [-0.2, 0) is 18.9 Å². The first kappa shape index (κ1) is 29.4. The smallest absolute Gasteiger partial charge is 0.332 e. The van der Waals surface area contributed by atoms with Gasteiger partial charge in [-0.1, -0.05) is 24.6 Å². The number of nitrogens with one attached hydrogen (secondary N) is 1. The zero-order valence-corrected chi connectivity index (χ0v) is 25.9. The lowest BCUT2D eigenvalue weighted by Crippen LogP contribution is -2.58. The molecule has 3 aromatic rings. The predicted molar refractivity (Wildman–Crippen MR) is 160 cm³/mol. The highest BCUT2D eigenvalue weighted by molar-refractivity contribution is 6.36. The summed E-state index contributed by atoms with van der Waals surface area (Å²) in [6, 6.07) is 6.49. The number of ether oxygens (including phenoxy) is 5. The van der Waals surface area contributed by atoms with Crippen molar-refractivity contribution >= 4 is 29.0 Å². The van der Waals surface area contributed by atoms with Gasteiger partial charge in [0.25, 0.3) is 5.56 Å². The minimum Gasteiger partial charge on any atom is -0.497 e. The van der Waals surface area contributed by atoms with Crippen LogP contribution in [0.4, 0.5) is 5.82 Å². The van der Waals surface area contributed by atoms with Gasteiger partial charge in [-0.2, -0.15) is 0 Å². The van der Waals surface area contributed by atoms with Crippen molar-refractivity contribution in [2.24, 2.45) is 20.0 Å². The summed E-state index contributed by atoms with van der Waals surface area (Å²) in [4.78, 5) is 56.2. The molecule has 0 radical (unpaired) electrons. The van der Waals surface area contributed by atoms with Crippen molar-refractivity contribution in [1.82, 2.24) is 9.13 Å². The molecule has 2 aromatic carbocycles. The van der Waals surface area contributed by atoms with Gasteiger partial charge in [-0.05, 0) is 12.5 Å². The molecule has 44 heavy (non-hydrogen) atoms. The summed E-state index contributed by atoms with van der Waals surface area (Å²) in [5, 5.41) is 3.22. The molecule has 3 heterocycles. The number of rotatable bonds is 5. The van der Waals surface area contributed by atoms with E-state index in [4.69, 9.17) is 35.3 Å². The fraction of sp³-hybridized carbons (Fsp3) is 0.355. The normalized spacial score (nSPS) is 21.7. The van der Waals surface area contributed by atoms with Crippen LogP contribution in [0.15, 0.2) is 45.1 Å². The number of halogens is 1. The molecule has 0 amide bonds. The summed E-state index contributed by atoms with van der Waals surface area (Å²) in [5.41, 5.74) is -1.96. The van der Waals surface area contributed by atoms with Crippen LogP contribution in [0.2, 0.25) is 5.02 Å². The van der Waals surface area contributed by atoms with Crippen LogP contribution in [0.5, 0.6) is 28.7 Å². The van der Waals surface area contributed by atoms with Gasteiger partial charge in [0.1, 0.15) is 39.4 Å². The summed E-state index contributed by atoms with van der Waals surface area (Å²) >= 11 is 6.62. The highest BCUT2D eigenvalue weighted by Crippen LogP contribution is 2.56. The van der Waals surface area contributed by atoms with Gasteiger partial charge in [0, 0.05) is 49.0 Å². The van der Waals surface area contributed by atoms with Crippen LogP contribution in [-0.4, -0.2) is 54.7 Å². The summed E-state index contributed by atoms with van der Waals surface area (Å²) in [6.45, 7) is 1.73. The second-order valence-corrected chi connectivity index (χ2v) is 11.3. The van der Waals surface area contributed by atoms with E-state index in [0.717, 1.165) is 4.57 Å². The third kappa shape index (κ3) is 3.69. The van der Waals surface area contributed by atoms with E-state index in [2.05, 4.69) is 5.32 Å². The number of nitrogens with zero attached hydrogens (tertiary/aromatic N) is 2. The number of carbonyl (C=O) groups excluding carboxylic acids is 2. The maximum atomic E-state index is 15.0. The largest absolute Gasteiger partial charge is 0.497 e. The number of methoxy groups -OCH3 is 4. The van der Waals surface area contributed by atoms with Crippen LogP contribution in [0, 0.1) is 5.92 Å². The van der Waals surface area contributed by atoms with Gasteiger partial charge >= 0.3 is 5.69 Å². The Balaban J connectivity index is 1.64. The molecule has 0 fully saturated rings. The molecule has 0 bridgehead atoms. The molecule has 13 heteroatoms. The van der Waals surface area contributed by atoms with E-state index in [0.29, 0.717) is 22.8 Å². The van der Waals surface area contributed by atoms with E-state index in [-0.39, 0.29) is 51.2 Å². The lowest BCUT2D eigenvalue weighted by Gasteiger charge is -2.42. The summed E-state index contributed by atoms with van der Waals surface area (Å²) in [5.74, 6) is -1.60. The number of aromatic nitrogens is 2. The van der Waals surface area contributed by atoms with Crippen molar-refractivity contribution in [1.29, 1.82) is 0 Å². The number of carbonyl (C=O) groups is 2. The van der Waals surface area contributed by atoms with E-state index in [9.17, 15) is 14.4 Å². The van der Waals surface area contributed by atoms with Gasteiger partial charge in [-0.15, -0.1) is 0 Å². The fourth-order valence-electron chi connectivity index (χ4n) is 6.56. The molecule has 1 aromatic heterocycles. The van der Waals surface area contributed by atoms with E-state index in [1.165, 1.54) is 46.1 Å². The molecule has 3 aliphatic rings. The quantitative estimate of drug-likeness (QED) is 0.422. The average molecular weight is 624 g/mol. The number of anilines is 1. The number of hydrogen-bond donors (Lipinski definition) is 1. The van der Waals surface area contributed by atoms with Crippen LogP contribution in [0.25, 0.3) is 0 Å². The van der Waals surface area contributed by atoms with Crippen LogP contribution >= 0.6 is 11.6 Å². The standard InChI is InChI=1S/C31H30ClN3O9/c1-13-10-16-21(26(36)31(13)27(37)22-18(42-6)12-19(43-7)24(32)25(22)44-31)20(15-9-8-14(40-4)11-17(15)41-5)23-28(33-16)34(2)30(39)35(3)29(23)38/h8-9,11-13,20,33H,10H2,1-7H3/t13-,20+,31+/m1/s1. The summed E-state index contributed by atoms with van der Waals surface area (Å²) in [6.07, 6.45) is 0.162. The number of ketones is 2. The number of fused-ring (bicyclic) bond motifs is 2. The van der Waals surface area contributed by atoms with Crippen molar-refractivity contribution in [2.75, 3.05) is 33.8 Å². The van der Waals surface area contributed by atoms with Gasteiger partial charge in [-0.25, -0.2) is 4.79 Å². The fourth-order valence-corrected chi connectivity index (χ4v) is 6.82. The Morgan fingerprint density at radius 1 is 0.909 bits per heavy atom. The lowest BCUT2D eigenvalue weighted by molar-refractivity contribution is -0.130. The van der Waals surface area contributed by atoms with E-state index < -0.39 is 40.3 Å². The van der Waals surface area contributed by atoms with E-state index >= 15 is 4.79 Å². The third-order valence-electron chi connectivity index (χ3n) is 8.83. The van der Waals surface area contributed by atoms with Crippen molar-refractivity contribution in [2.45, 2.75) is 24.9 Å². The zero-order chi connectivity index (χ0) is 31.8. The molecule has 1 spiro atoms. The highest BCUT2D eigenvalue weighted by Gasteiger charge is 2.64. The molecule has 2 aliphatic heterocycles. The Hall–Kier alpha value is -4.71. The van der Waals surface area contributed by atoms with E-state index in [1.54, 1.807) is 32.2 Å². The molecule has 0 saturated heterocycles. The molecular weight excluding hydrogens is 594 g/mol. The SMILES string of the molecule is COc1ccc([C@H]2C3=C(C[C@@H](C)[C@]4(Oc5c(Cl)c(OC)cc(OC)c5C4=O)C3=O)Nc3c2c(=O)n(C)c(=O)n3C)c(OC)c1. The van der Waals surface area contributed by atoms with Crippen molar-refractivity contribution in [3.05, 3.63) is 78.1 Å². The van der Waals surface area contributed by atoms with E-state index in [1.807, 2.05) is 0 Å². The Morgan fingerprint density at radius 3 is 2.23 bits per heavy atom. The van der Waals surface area contributed by atoms with Crippen molar-refractivity contribution in [3.8, 4) is 28.7 Å². The van der Waals surface area contributed by atoms with Crippen LogP contribution in [0.3, 0.4) is 0 Å². The average Bonchev–Trinajstić information content (AvgIpc) is 3.35. The Labute approximate surface area is 256 Å². The van der Waals surface area contributed by atoms with Gasteiger partial charge in [0.05, 0.1) is 39.9 Å². The predicted octanol–water partition coefficient (Wildman–Crippen LogP) is 3.21. The first-order chi connectivity index (χ1) is 21.0. The molecule has 1 aliphatic carbocycles. The minimum absolute atomic E-state index is 0.0156. The number of hydrogen-bond acceptors (Lipinski definition) is 10. The molecule has 230 valence electrons. The maximum absolute atomic E-state index is 15.0. The molecule has 0 unspecified atom stereocenters. The zero-order valence-electron chi connectivity index (χ0n) is 25.1. The van der Waals surface area contributed by atoms with Gasteiger partial charge < -0.3 is 29.0 Å². The summed E-state index contributed by atoms with van der Waals surface area (Å²) < 4.78 is 30.6. The molecular formula is C31H30ClN3O9. The minimum atomic E-state index is -2.02. The van der Waals surface area contributed by atoms with Crippen molar-refractivity contribution in [3.63, 3.8) is 0 Å². The second kappa shape index (κ2) is 10.2. The lowest BCUT2D eigenvalue weighted by atomic mass is 9.65. The number of allylic oxidation sites excluding steroid dienone is 1. The molecule has 6 rings (SSSR count). The number of benzene rings is 2. The summed E-state index contributed by atoms with van der Waals surface area (Å²) in [7, 11) is 8.68. The second-order valence-electron chi connectivity index (χ2n) is 10.9. The molecule has 12 nitrogen and oxygen atoms in total. The van der Waals surface area contributed by atoms with Gasteiger partial charge in [0.2, 0.25) is 17.2 Å². The monoisotopic (exact) mass is 623 g/mol. The van der Waals surface area contributed by atoms with Gasteiger partial charge in [0.15, 0.2) is 5.75 Å². The van der Waals surface area contributed by atoms with Gasteiger partial charge in [-0.3, -0.25) is 23.5 Å². The number of Topliss-reactive ketones (excluding diaryl/α,β-unsaturated/α-hetero) is 2. The first-order valence-electron chi connectivity index (χ1n) is 13.7. The Kier molecular flexibility index (Phi) is 6.80. The van der Waals surface area contributed by atoms with Crippen molar-refractivity contribution < 1.29 is 33.3 Å². The maximum Gasteiger partial charge on any atom is 0.332 e. The molecule has 3 atom stereocenters. The molecule has 0 saturated carbocycles. The van der Waals surface area contributed by atoms with Crippen LogP contribution in [0.1, 0.15) is 40.7 Å². The highest BCUT2D eigenvalue weighted by atomic mass is 35.5. The van der Waals surface area contributed by atoms with Crippen LogP contribution < -0.4 is 40.3 Å². The Morgan fingerprint density at radius 2 is 1.59 bits per heavy atom. The third-order valence-corrected chi connectivity index (χ3v) is 9.19. The first-order valence-corrected chi connectivity index (χ1v) is 14.1. The topological polar surface area (TPSA) is 136 Å². The molecule has 1 N–H and O–H groups in total. The Bertz CT molecular complexity index is 1940.